The van der Waals surface area contributed by atoms with Gasteiger partial charge in [-0.15, -0.1) is 0 Å². The van der Waals surface area contributed by atoms with Gasteiger partial charge in [-0.1, -0.05) is 0 Å². The highest BCUT2D eigenvalue weighted by Gasteiger charge is 2.15. The van der Waals surface area contributed by atoms with E-state index in [1.165, 1.54) is 0 Å². The zero-order valence-corrected chi connectivity index (χ0v) is 7.18. The highest BCUT2D eigenvalue weighted by Crippen LogP contribution is 2.01. The van der Waals surface area contributed by atoms with E-state index < -0.39 is 5.54 Å². The van der Waals surface area contributed by atoms with E-state index in [2.05, 4.69) is 5.32 Å². The van der Waals surface area contributed by atoms with Crippen molar-refractivity contribution < 1.29 is 4.79 Å². The van der Waals surface area contributed by atoms with Crippen molar-refractivity contribution in [2.45, 2.75) is 25.8 Å². The highest BCUT2D eigenvalue weighted by atomic mass is 16.1. The van der Waals surface area contributed by atoms with E-state index in [4.69, 9.17) is 11.5 Å². The number of carbonyl (C=O) groups is 1. The van der Waals surface area contributed by atoms with Crippen LogP contribution in [0.1, 0.15) is 20.3 Å². The van der Waals surface area contributed by atoms with E-state index in [0.29, 0.717) is 19.5 Å². The molecule has 1 amide bonds. The number of nitrogens with one attached hydrogen (secondary N) is 1. The molecule has 0 aliphatic carbocycles. The Morgan fingerprint density at radius 1 is 1.55 bits per heavy atom. The minimum atomic E-state index is -0.432. The molecule has 0 aliphatic heterocycles. The van der Waals surface area contributed by atoms with Crippen LogP contribution in [0, 0.1) is 0 Å². The van der Waals surface area contributed by atoms with E-state index in [1.54, 1.807) is 0 Å². The Kier molecular flexibility index (Phi) is 4.07. The van der Waals surface area contributed by atoms with Crippen LogP contribution in [0.4, 0.5) is 0 Å². The number of hydrogen-bond acceptors (Lipinski definition) is 3. The van der Waals surface area contributed by atoms with Gasteiger partial charge in [0.05, 0.1) is 0 Å². The van der Waals surface area contributed by atoms with Gasteiger partial charge in [0, 0.05) is 25.0 Å². The molecule has 0 bridgehead atoms. The standard InChI is InChI=1S/C7H17N3O/c1-7(2,9)5-6(11)10-4-3-8/h3-5,8-9H2,1-2H3,(H,10,11). The van der Waals surface area contributed by atoms with Crippen molar-refractivity contribution in [1.82, 2.24) is 5.32 Å². The van der Waals surface area contributed by atoms with Gasteiger partial charge in [0.2, 0.25) is 5.91 Å². The highest BCUT2D eigenvalue weighted by molar-refractivity contribution is 5.76. The van der Waals surface area contributed by atoms with Crippen LogP contribution in [-0.2, 0) is 4.79 Å². The van der Waals surface area contributed by atoms with Crippen molar-refractivity contribution in [2.75, 3.05) is 13.1 Å². The average Bonchev–Trinajstić information content (AvgIpc) is 1.79. The maximum atomic E-state index is 11.0. The lowest BCUT2D eigenvalue weighted by molar-refractivity contribution is -0.121. The minimum Gasteiger partial charge on any atom is -0.355 e. The second kappa shape index (κ2) is 4.31. The summed E-state index contributed by atoms with van der Waals surface area (Å²) in [6.07, 6.45) is 0.340. The molecule has 11 heavy (non-hydrogen) atoms. The molecule has 0 saturated carbocycles. The first-order valence-electron chi connectivity index (χ1n) is 3.71. The molecule has 4 nitrogen and oxygen atoms in total. The SMILES string of the molecule is CC(C)(N)CC(=O)NCCN. The van der Waals surface area contributed by atoms with Gasteiger partial charge >= 0.3 is 0 Å². The van der Waals surface area contributed by atoms with Gasteiger partial charge in [0.1, 0.15) is 0 Å². The lowest BCUT2D eigenvalue weighted by atomic mass is 10.0. The topological polar surface area (TPSA) is 81.1 Å². The van der Waals surface area contributed by atoms with Crippen LogP contribution < -0.4 is 16.8 Å². The van der Waals surface area contributed by atoms with Crippen LogP contribution in [-0.4, -0.2) is 24.5 Å². The molecule has 0 heterocycles. The Hall–Kier alpha value is -0.610. The van der Waals surface area contributed by atoms with Gasteiger partial charge in [0.25, 0.3) is 0 Å². The smallest absolute Gasteiger partial charge is 0.221 e. The van der Waals surface area contributed by atoms with Crippen LogP contribution >= 0.6 is 0 Å². The largest absolute Gasteiger partial charge is 0.355 e. The van der Waals surface area contributed by atoms with Crippen molar-refractivity contribution >= 4 is 5.91 Å². The molecule has 4 heteroatoms. The first kappa shape index (κ1) is 10.4. The zero-order chi connectivity index (χ0) is 8.91. The Morgan fingerprint density at radius 3 is 2.45 bits per heavy atom. The first-order chi connectivity index (χ1) is 4.95. The van der Waals surface area contributed by atoms with Gasteiger partial charge in [-0.25, -0.2) is 0 Å². The van der Waals surface area contributed by atoms with Crippen LogP contribution in [0.15, 0.2) is 0 Å². The fourth-order valence-electron chi connectivity index (χ4n) is 0.688. The van der Waals surface area contributed by atoms with Gasteiger partial charge < -0.3 is 16.8 Å². The summed E-state index contributed by atoms with van der Waals surface area (Å²) in [4.78, 5) is 11.0. The maximum Gasteiger partial charge on any atom is 0.221 e. The maximum absolute atomic E-state index is 11.0. The summed E-state index contributed by atoms with van der Waals surface area (Å²) < 4.78 is 0. The van der Waals surface area contributed by atoms with Crippen LogP contribution in [0.25, 0.3) is 0 Å². The van der Waals surface area contributed by atoms with Crippen molar-refractivity contribution in [3.8, 4) is 0 Å². The van der Waals surface area contributed by atoms with Gasteiger partial charge in [-0.2, -0.15) is 0 Å². The summed E-state index contributed by atoms with van der Waals surface area (Å²) in [6, 6.07) is 0. The molecule has 5 N–H and O–H groups in total. The Morgan fingerprint density at radius 2 is 2.09 bits per heavy atom. The zero-order valence-electron chi connectivity index (χ0n) is 7.18. The Labute approximate surface area is 67.3 Å². The predicted molar refractivity (Wildman–Crippen MR) is 44.9 cm³/mol. The lowest BCUT2D eigenvalue weighted by Gasteiger charge is -2.17. The van der Waals surface area contributed by atoms with Crippen molar-refractivity contribution in [2.24, 2.45) is 11.5 Å². The Bertz CT molecular complexity index is 128. The summed E-state index contributed by atoms with van der Waals surface area (Å²) in [7, 11) is 0. The summed E-state index contributed by atoms with van der Waals surface area (Å²) in [5.74, 6) is -0.0389. The molecule has 0 fully saturated rings. The predicted octanol–water partition coefficient (Wildman–Crippen LogP) is -0.811. The third-order valence-corrected chi connectivity index (χ3v) is 1.08. The van der Waals surface area contributed by atoms with E-state index in [0.717, 1.165) is 0 Å². The van der Waals surface area contributed by atoms with Crippen molar-refractivity contribution in [3.63, 3.8) is 0 Å². The lowest BCUT2D eigenvalue weighted by Crippen LogP contribution is -2.40. The number of nitrogens with two attached hydrogens (primary N) is 2. The molecule has 0 radical (unpaired) electrons. The van der Waals surface area contributed by atoms with Crippen LogP contribution in [0.2, 0.25) is 0 Å². The Balaban J connectivity index is 3.53. The van der Waals surface area contributed by atoms with Gasteiger partial charge in [-0.3, -0.25) is 4.79 Å². The molecule has 0 rings (SSSR count). The third-order valence-electron chi connectivity index (χ3n) is 1.08. The monoisotopic (exact) mass is 159 g/mol. The quantitative estimate of drug-likeness (QED) is 0.501. The number of hydrogen-bond donors (Lipinski definition) is 3. The van der Waals surface area contributed by atoms with Crippen molar-refractivity contribution in [3.05, 3.63) is 0 Å². The van der Waals surface area contributed by atoms with Crippen LogP contribution in [0.3, 0.4) is 0 Å². The summed E-state index contributed by atoms with van der Waals surface area (Å²) in [6.45, 7) is 4.62. The summed E-state index contributed by atoms with van der Waals surface area (Å²) >= 11 is 0. The normalized spacial score (nSPS) is 11.3. The van der Waals surface area contributed by atoms with E-state index in [9.17, 15) is 4.79 Å². The van der Waals surface area contributed by atoms with E-state index in [-0.39, 0.29) is 5.91 Å². The number of rotatable bonds is 4. The first-order valence-corrected chi connectivity index (χ1v) is 3.71. The van der Waals surface area contributed by atoms with Crippen LogP contribution in [0.5, 0.6) is 0 Å². The average molecular weight is 159 g/mol. The molecule has 0 spiro atoms. The second-order valence-corrected chi connectivity index (χ2v) is 3.30. The van der Waals surface area contributed by atoms with E-state index >= 15 is 0 Å². The molecular formula is C7H17N3O. The minimum absolute atomic E-state index is 0.0389. The molecule has 0 aromatic heterocycles. The summed E-state index contributed by atoms with van der Waals surface area (Å²) in [5, 5.41) is 2.64. The third kappa shape index (κ3) is 7.29. The number of amides is 1. The molecule has 0 saturated heterocycles. The molecule has 0 aromatic rings. The summed E-state index contributed by atoms with van der Waals surface area (Å²) in [5.41, 5.74) is 10.4. The fourth-order valence-corrected chi connectivity index (χ4v) is 0.688. The van der Waals surface area contributed by atoms with Crippen molar-refractivity contribution in [1.29, 1.82) is 0 Å². The fraction of sp³-hybridized carbons (Fsp3) is 0.857. The molecule has 0 unspecified atom stereocenters. The second-order valence-electron chi connectivity index (χ2n) is 3.30. The van der Waals surface area contributed by atoms with E-state index in [1.807, 2.05) is 13.8 Å². The number of carbonyl (C=O) groups excluding carboxylic acids is 1. The molecular weight excluding hydrogens is 142 g/mol. The van der Waals surface area contributed by atoms with Gasteiger partial charge in [-0.05, 0) is 13.8 Å². The van der Waals surface area contributed by atoms with Gasteiger partial charge in [0.15, 0.2) is 0 Å². The molecule has 0 atom stereocenters. The molecule has 66 valence electrons. The molecule has 0 aromatic carbocycles. The molecule has 0 aliphatic rings.